The van der Waals surface area contributed by atoms with E-state index in [0.29, 0.717) is 22.6 Å². The summed E-state index contributed by atoms with van der Waals surface area (Å²) in [5, 5.41) is 13.0. The fourth-order valence-electron chi connectivity index (χ4n) is 3.40. The van der Waals surface area contributed by atoms with Crippen LogP contribution in [0.25, 0.3) is 33.4 Å². The number of esters is 2. The van der Waals surface area contributed by atoms with Crippen LogP contribution in [-0.4, -0.2) is 54.3 Å². The summed E-state index contributed by atoms with van der Waals surface area (Å²) in [7, 11) is 2.53. The van der Waals surface area contributed by atoms with Gasteiger partial charge in [-0.05, 0) is 29.0 Å². The highest BCUT2D eigenvalue weighted by atomic mass is 16.6. The molecule has 1 aromatic heterocycles. The number of ether oxygens (including phenoxy) is 4. The highest BCUT2D eigenvalue weighted by Gasteiger charge is 2.14. The molecule has 0 amide bonds. The number of rotatable bonds is 9. The van der Waals surface area contributed by atoms with Crippen LogP contribution in [0.3, 0.4) is 0 Å². The Kier molecular flexibility index (Phi) is 7.53. The minimum absolute atomic E-state index is 0.0920. The van der Waals surface area contributed by atoms with Gasteiger partial charge in [-0.3, -0.25) is 10.1 Å². The van der Waals surface area contributed by atoms with Crippen molar-refractivity contribution in [1.29, 1.82) is 0 Å². The number of fused-ring (bicyclic) bond motifs is 1. The number of nitro groups is 1. The molecular formula is C26H21N3O8. The molecule has 0 saturated heterocycles. The normalized spacial score (nSPS) is 10.5. The largest absolute Gasteiger partial charge is 0.482 e. The van der Waals surface area contributed by atoms with Crippen LogP contribution in [0, 0.1) is 10.1 Å². The van der Waals surface area contributed by atoms with Gasteiger partial charge in [0.1, 0.15) is 5.75 Å². The van der Waals surface area contributed by atoms with Crippen molar-refractivity contribution < 1.29 is 33.5 Å². The maximum Gasteiger partial charge on any atom is 0.343 e. The SMILES string of the molecule is COC(=O)COc1ccc2cc(-c3nc(OCC(=O)OC)cc(-c4cccc([N+](=O)[O-])c4)n3)ccc2c1. The minimum atomic E-state index is -0.590. The van der Waals surface area contributed by atoms with Gasteiger partial charge in [-0.25, -0.2) is 14.6 Å². The predicted octanol–water partition coefficient (Wildman–Crippen LogP) is 3.98. The Labute approximate surface area is 210 Å². The van der Waals surface area contributed by atoms with Crippen LogP contribution in [0.5, 0.6) is 11.6 Å². The summed E-state index contributed by atoms with van der Waals surface area (Å²) in [5.74, 6) is -0.178. The molecule has 3 aromatic carbocycles. The van der Waals surface area contributed by atoms with Crippen LogP contribution < -0.4 is 9.47 Å². The van der Waals surface area contributed by atoms with E-state index in [4.69, 9.17) is 9.47 Å². The quantitative estimate of drug-likeness (QED) is 0.187. The number of benzene rings is 3. The van der Waals surface area contributed by atoms with Crippen molar-refractivity contribution in [2.24, 2.45) is 0 Å². The molecule has 0 fully saturated rings. The standard InChI is InChI=1S/C26H21N3O8/c1-34-24(30)14-36-21-9-8-16-10-19(7-6-17(16)12-21)26-27-22(13-23(28-26)37-15-25(31)35-2)18-4-3-5-20(11-18)29(32)33/h3-13H,14-15H2,1-2H3. The van der Waals surface area contributed by atoms with Crippen LogP contribution in [0.15, 0.2) is 66.7 Å². The lowest BCUT2D eigenvalue weighted by atomic mass is 10.1. The van der Waals surface area contributed by atoms with Crippen molar-refractivity contribution >= 4 is 28.4 Å². The van der Waals surface area contributed by atoms with Gasteiger partial charge in [0.2, 0.25) is 5.88 Å². The molecule has 11 nitrogen and oxygen atoms in total. The van der Waals surface area contributed by atoms with E-state index < -0.39 is 16.9 Å². The lowest BCUT2D eigenvalue weighted by Crippen LogP contribution is -2.13. The maximum absolute atomic E-state index is 11.6. The lowest BCUT2D eigenvalue weighted by molar-refractivity contribution is -0.384. The first kappa shape index (κ1) is 25.0. The Morgan fingerprint density at radius 1 is 0.811 bits per heavy atom. The molecule has 0 radical (unpaired) electrons. The third kappa shape index (κ3) is 6.14. The average molecular weight is 503 g/mol. The van der Waals surface area contributed by atoms with Crippen LogP contribution >= 0.6 is 0 Å². The number of carbonyl (C=O) groups is 2. The number of nitro benzene ring substituents is 1. The number of aromatic nitrogens is 2. The van der Waals surface area contributed by atoms with Gasteiger partial charge in [-0.15, -0.1) is 0 Å². The predicted molar refractivity (Wildman–Crippen MR) is 132 cm³/mol. The molecule has 0 saturated carbocycles. The molecule has 1 heterocycles. The van der Waals surface area contributed by atoms with E-state index in [0.717, 1.165) is 10.8 Å². The van der Waals surface area contributed by atoms with E-state index in [1.54, 1.807) is 30.3 Å². The first-order valence-electron chi connectivity index (χ1n) is 10.9. The highest BCUT2D eigenvalue weighted by Crippen LogP contribution is 2.30. The summed E-state index contributed by atoms with van der Waals surface area (Å²) in [6, 6.07) is 18.3. The summed E-state index contributed by atoms with van der Waals surface area (Å²) in [5.41, 5.74) is 1.41. The molecule has 188 valence electrons. The molecule has 0 unspecified atom stereocenters. The van der Waals surface area contributed by atoms with Crippen LogP contribution in [-0.2, 0) is 19.1 Å². The van der Waals surface area contributed by atoms with E-state index in [9.17, 15) is 19.7 Å². The fourth-order valence-corrected chi connectivity index (χ4v) is 3.40. The maximum atomic E-state index is 11.6. The van der Waals surface area contributed by atoms with Crippen molar-refractivity contribution in [2.75, 3.05) is 27.4 Å². The van der Waals surface area contributed by atoms with Crippen molar-refractivity contribution in [2.45, 2.75) is 0 Å². The molecule has 0 atom stereocenters. The third-order valence-corrected chi connectivity index (χ3v) is 5.28. The second kappa shape index (κ2) is 11.1. The number of hydrogen-bond acceptors (Lipinski definition) is 10. The van der Waals surface area contributed by atoms with Gasteiger partial charge in [0.15, 0.2) is 19.0 Å². The Balaban J connectivity index is 1.71. The highest BCUT2D eigenvalue weighted by molar-refractivity contribution is 5.88. The Morgan fingerprint density at radius 3 is 2.24 bits per heavy atom. The summed E-state index contributed by atoms with van der Waals surface area (Å²) < 4.78 is 20.2. The lowest BCUT2D eigenvalue weighted by Gasteiger charge is -2.11. The first-order chi connectivity index (χ1) is 17.9. The van der Waals surface area contributed by atoms with Gasteiger partial charge in [0.25, 0.3) is 5.69 Å². The Bertz CT molecular complexity index is 1490. The van der Waals surface area contributed by atoms with Crippen LogP contribution in [0.2, 0.25) is 0 Å². The number of hydrogen-bond donors (Lipinski definition) is 0. The zero-order valence-corrected chi connectivity index (χ0v) is 19.9. The van der Waals surface area contributed by atoms with E-state index >= 15 is 0 Å². The zero-order valence-electron chi connectivity index (χ0n) is 19.9. The second-order valence-corrected chi connectivity index (χ2v) is 7.68. The monoisotopic (exact) mass is 503 g/mol. The zero-order chi connectivity index (χ0) is 26.4. The number of non-ortho nitro benzene ring substituents is 1. The van der Waals surface area contributed by atoms with Gasteiger partial charge in [0, 0.05) is 29.3 Å². The van der Waals surface area contributed by atoms with E-state index in [2.05, 4.69) is 19.4 Å². The van der Waals surface area contributed by atoms with Crippen molar-refractivity contribution in [3.05, 3.63) is 76.8 Å². The average Bonchev–Trinajstić information content (AvgIpc) is 2.94. The van der Waals surface area contributed by atoms with Gasteiger partial charge >= 0.3 is 11.9 Å². The van der Waals surface area contributed by atoms with Gasteiger partial charge in [-0.2, -0.15) is 4.98 Å². The topological polar surface area (TPSA) is 140 Å². The van der Waals surface area contributed by atoms with Crippen molar-refractivity contribution in [1.82, 2.24) is 9.97 Å². The summed E-state index contributed by atoms with van der Waals surface area (Å²) in [6.07, 6.45) is 0. The minimum Gasteiger partial charge on any atom is -0.482 e. The number of methoxy groups -OCH3 is 2. The summed E-state index contributed by atoms with van der Waals surface area (Å²) >= 11 is 0. The molecule has 0 N–H and O–H groups in total. The molecule has 11 heteroatoms. The summed E-state index contributed by atoms with van der Waals surface area (Å²) in [4.78, 5) is 42.7. The van der Waals surface area contributed by atoms with Gasteiger partial charge in [0.05, 0.1) is 24.8 Å². The van der Waals surface area contributed by atoms with Gasteiger partial charge < -0.3 is 18.9 Å². The summed E-state index contributed by atoms with van der Waals surface area (Å²) in [6.45, 7) is -0.569. The first-order valence-corrected chi connectivity index (χ1v) is 10.9. The Morgan fingerprint density at radius 2 is 1.51 bits per heavy atom. The van der Waals surface area contributed by atoms with E-state index in [-0.39, 0.29) is 30.6 Å². The van der Waals surface area contributed by atoms with Crippen molar-refractivity contribution in [3.63, 3.8) is 0 Å². The molecule has 0 bridgehead atoms. The van der Waals surface area contributed by atoms with E-state index in [1.165, 1.54) is 32.4 Å². The molecule has 0 aliphatic rings. The fraction of sp³-hybridized carbons (Fsp3) is 0.154. The van der Waals surface area contributed by atoms with E-state index in [1.807, 2.05) is 18.2 Å². The third-order valence-electron chi connectivity index (χ3n) is 5.28. The number of nitrogens with zero attached hydrogens (tertiary/aromatic N) is 3. The molecule has 4 aromatic rings. The Hall–Kier alpha value is -5.06. The van der Waals surface area contributed by atoms with Crippen molar-refractivity contribution in [3.8, 4) is 34.3 Å². The van der Waals surface area contributed by atoms with Crippen LogP contribution in [0.1, 0.15) is 0 Å². The molecule has 4 rings (SSSR count). The smallest absolute Gasteiger partial charge is 0.343 e. The second-order valence-electron chi connectivity index (χ2n) is 7.68. The molecular weight excluding hydrogens is 482 g/mol. The molecule has 0 aliphatic heterocycles. The van der Waals surface area contributed by atoms with Crippen LogP contribution in [0.4, 0.5) is 5.69 Å². The molecule has 0 spiro atoms. The van der Waals surface area contributed by atoms with Gasteiger partial charge in [-0.1, -0.05) is 30.3 Å². The number of carbonyl (C=O) groups excluding carboxylic acids is 2. The molecule has 0 aliphatic carbocycles. The molecule has 37 heavy (non-hydrogen) atoms.